The van der Waals surface area contributed by atoms with Crippen molar-refractivity contribution in [3.8, 4) is 0 Å². The van der Waals surface area contributed by atoms with Crippen molar-refractivity contribution < 1.29 is 0 Å². The van der Waals surface area contributed by atoms with Crippen LogP contribution in [-0.4, -0.2) is 24.0 Å². The Bertz CT molecular complexity index is 372. The summed E-state index contributed by atoms with van der Waals surface area (Å²) in [4.78, 5) is 2.67. The number of likely N-dealkylation sites (N-methyl/N-ethyl adjacent to an activating group) is 1. The smallest absolute Gasteiger partial charge is 0.0166 e. The highest BCUT2D eigenvalue weighted by Gasteiger charge is 2.41. The van der Waals surface area contributed by atoms with E-state index in [1.165, 1.54) is 25.7 Å². The van der Waals surface area contributed by atoms with E-state index < -0.39 is 0 Å². The monoisotopic (exact) mass is 229 g/mol. The van der Waals surface area contributed by atoms with Crippen LogP contribution in [0.2, 0.25) is 0 Å². The van der Waals surface area contributed by atoms with Gasteiger partial charge in [0, 0.05) is 18.0 Å². The summed E-state index contributed by atoms with van der Waals surface area (Å²) in [5.74, 6) is 1.58. The van der Waals surface area contributed by atoms with Gasteiger partial charge in [0.1, 0.15) is 0 Å². The van der Waals surface area contributed by atoms with Crippen molar-refractivity contribution in [2.75, 3.05) is 7.05 Å². The van der Waals surface area contributed by atoms with Crippen molar-refractivity contribution in [3.05, 3.63) is 35.9 Å². The van der Waals surface area contributed by atoms with E-state index in [0.29, 0.717) is 0 Å². The molecule has 17 heavy (non-hydrogen) atoms. The molecule has 2 fully saturated rings. The zero-order valence-electron chi connectivity index (χ0n) is 11.0. The van der Waals surface area contributed by atoms with E-state index in [-0.39, 0.29) is 0 Å². The fourth-order valence-electron chi connectivity index (χ4n) is 4.14. The topological polar surface area (TPSA) is 3.24 Å². The molecule has 0 aliphatic carbocycles. The molecule has 0 saturated carbocycles. The first-order valence-electron chi connectivity index (χ1n) is 7.04. The van der Waals surface area contributed by atoms with Crippen molar-refractivity contribution in [1.82, 2.24) is 4.90 Å². The van der Waals surface area contributed by atoms with Crippen LogP contribution in [0.15, 0.2) is 30.3 Å². The Morgan fingerprint density at radius 1 is 1.12 bits per heavy atom. The minimum absolute atomic E-state index is 0.748. The molecule has 92 valence electrons. The van der Waals surface area contributed by atoms with Crippen LogP contribution in [0.4, 0.5) is 0 Å². The average molecular weight is 229 g/mol. The average Bonchev–Trinajstić information content (AvgIpc) is 2.33. The maximum Gasteiger partial charge on any atom is 0.0166 e. The Morgan fingerprint density at radius 3 is 2.65 bits per heavy atom. The van der Waals surface area contributed by atoms with Crippen LogP contribution in [0.25, 0.3) is 0 Å². The first-order chi connectivity index (χ1) is 8.27. The van der Waals surface area contributed by atoms with Crippen LogP contribution in [0.1, 0.15) is 44.1 Å². The molecule has 0 amide bonds. The lowest BCUT2D eigenvalue weighted by atomic mass is 9.69. The largest absolute Gasteiger partial charge is 0.300 e. The summed E-state index contributed by atoms with van der Waals surface area (Å²) < 4.78 is 0. The molecule has 4 atom stereocenters. The second-order valence-electron chi connectivity index (χ2n) is 5.97. The predicted octanol–water partition coefficient (Wildman–Crippen LogP) is 3.66. The Kier molecular flexibility index (Phi) is 2.96. The molecule has 1 nitrogen and oxygen atoms in total. The van der Waals surface area contributed by atoms with Gasteiger partial charge >= 0.3 is 0 Å². The number of benzene rings is 1. The first kappa shape index (κ1) is 11.3. The molecule has 1 heteroatoms. The lowest BCUT2D eigenvalue weighted by molar-refractivity contribution is 0.0218. The Labute approximate surface area is 105 Å². The summed E-state index contributed by atoms with van der Waals surface area (Å²) in [6.07, 6.45) is 5.61. The van der Waals surface area contributed by atoms with Gasteiger partial charge < -0.3 is 0 Å². The second kappa shape index (κ2) is 4.45. The van der Waals surface area contributed by atoms with Gasteiger partial charge in [-0.05, 0) is 37.8 Å². The van der Waals surface area contributed by atoms with E-state index in [0.717, 1.165) is 23.9 Å². The van der Waals surface area contributed by atoms with Gasteiger partial charge in [-0.25, -0.2) is 0 Å². The number of hydrogen-bond acceptors (Lipinski definition) is 1. The van der Waals surface area contributed by atoms with Crippen molar-refractivity contribution in [3.63, 3.8) is 0 Å². The maximum absolute atomic E-state index is 2.67. The summed E-state index contributed by atoms with van der Waals surface area (Å²) in [5, 5.41) is 0. The summed E-state index contributed by atoms with van der Waals surface area (Å²) in [5.41, 5.74) is 1.55. The standard InChI is InChI=1S/C16H23N/c1-12-11-14-9-6-10-15(17(14)2)16(12)13-7-4-3-5-8-13/h3-5,7-8,12,14-16H,6,9-11H2,1-2H3. The van der Waals surface area contributed by atoms with Crippen molar-refractivity contribution >= 4 is 0 Å². The molecule has 0 aromatic heterocycles. The minimum Gasteiger partial charge on any atom is -0.300 e. The van der Waals surface area contributed by atoms with E-state index in [4.69, 9.17) is 0 Å². The number of rotatable bonds is 1. The molecule has 0 radical (unpaired) electrons. The lowest BCUT2D eigenvalue weighted by Gasteiger charge is -2.51. The van der Waals surface area contributed by atoms with Crippen LogP contribution in [0, 0.1) is 5.92 Å². The van der Waals surface area contributed by atoms with E-state index in [2.05, 4.69) is 49.2 Å². The Balaban J connectivity index is 1.92. The number of nitrogens with zero attached hydrogens (tertiary/aromatic N) is 1. The van der Waals surface area contributed by atoms with Gasteiger partial charge in [-0.1, -0.05) is 43.7 Å². The highest BCUT2D eigenvalue weighted by molar-refractivity contribution is 5.24. The Morgan fingerprint density at radius 2 is 1.88 bits per heavy atom. The van der Waals surface area contributed by atoms with Gasteiger partial charge in [0.25, 0.3) is 0 Å². The number of piperidine rings is 2. The van der Waals surface area contributed by atoms with E-state index in [1.54, 1.807) is 5.56 Å². The summed E-state index contributed by atoms with van der Waals surface area (Å²) in [7, 11) is 2.34. The van der Waals surface area contributed by atoms with Gasteiger partial charge in [0.2, 0.25) is 0 Å². The number of fused-ring (bicyclic) bond motifs is 2. The second-order valence-corrected chi connectivity index (χ2v) is 5.97. The molecule has 2 aliphatic rings. The third-order valence-corrected chi connectivity index (χ3v) is 4.99. The zero-order chi connectivity index (χ0) is 11.8. The summed E-state index contributed by atoms with van der Waals surface area (Å²) >= 11 is 0. The maximum atomic E-state index is 2.67. The van der Waals surface area contributed by atoms with Crippen LogP contribution in [0.3, 0.4) is 0 Å². The summed E-state index contributed by atoms with van der Waals surface area (Å²) in [6, 6.07) is 12.8. The van der Waals surface area contributed by atoms with Crippen LogP contribution in [0.5, 0.6) is 0 Å². The number of hydrogen-bond donors (Lipinski definition) is 0. The molecule has 0 spiro atoms. The highest BCUT2D eigenvalue weighted by atomic mass is 15.2. The van der Waals surface area contributed by atoms with Gasteiger partial charge in [0.05, 0.1) is 0 Å². The van der Waals surface area contributed by atoms with Crippen LogP contribution in [-0.2, 0) is 0 Å². The first-order valence-corrected chi connectivity index (χ1v) is 7.04. The van der Waals surface area contributed by atoms with Crippen molar-refractivity contribution in [2.24, 2.45) is 5.92 Å². The third-order valence-electron chi connectivity index (χ3n) is 4.99. The SMILES string of the molecule is CC1CC2CCCC(C1c1ccccc1)N2C. The lowest BCUT2D eigenvalue weighted by Crippen LogP contribution is -2.53. The molecule has 2 heterocycles. The fraction of sp³-hybridized carbons (Fsp3) is 0.625. The van der Waals surface area contributed by atoms with Crippen LogP contribution >= 0.6 is 0 Å². The minimum atomic E-state index is 0.748. The zero-order valence-corrected chi connectivity index (χ0v) is 11.0. The molecule has 0 N–H and O–H groups in total. The normalized spacial score (nSPS) is 38.0. The molecular formula is C16H23N. The highest BCUT2D eigenvalue weighted by Crippen LogP contribution is 2.44. The summed E-state index contributed by atoms with van der Waals surface area (Å²) in [6.45, 7) is 2.45. The van der Waals surface area contributed by atoms with Crippen molar-refractivity contribution in [1.29, 1.82) is 0 Å². The molecule has 2 saturated heterocycles. The fourth-order valence-corrected chi connectivity index (χ4v) is 4.14. The predicted molar refractivity (Wildman–Crippen MR) is 72.2 cm³/mol. The van der Waals surface area contributed by atoms with E-state index in [9.17, 15) is 0 Å². The molecule has 2 aliphatic heterocycles. The molecule has 1 aromatic carbocycles. The van der Waals surface area contributed by atoms with Crippen LogP contribution < -0.4 is 0 Å². The van der Waals surface area contributed by atoms with Gasteiger partial charge in [-0.2, -0.15) is 0 Å². The molecule has 2 bridgehead atoms. The van der Waals surface area contributed by atoms with E-state index >= 15 is 0 Å². The Hall–Kier alpha value is -0.820. The van der Waals surface area contributed by atoms with E-state index in [1.807, 2.05) is 0 Å². The molecule has 1 aromatic rings. The van der Waals surface area contributed by atoms with Crippen molar-refractivity contribution in [2.45, 2.75) is 50.6 Å². The molecule has 4 unspecified atom stereocenters. The van der Waals surface area contributed by atoms with Gasteiger partial charge in [-0.15, -0.1) is 0 Å². The molecular weight excluding hydrogens is 206 g/mol. The quantitative estimate of drug-likeness (QED) is 0.710. The molecule has 3 rings (SSSR count). The van der Waals surface area contributed by atoms with Gasteiger partial charge in [0.15, 0.2) is 0 Å². The third kappa shape index (κ3) is 1.91. The van der Waals surface area contributed by atoms with Gasteiger partial charge in [-0.3, -0.25) is 4.90 Å².